The van der Waals surface area contributed by atoms with E-state index in [1.54, 1.807) is 0 Å². The van der Waals surface area contributed by atoms with E-state index in [9.17, 15) is 4.79 Å². The summed E-state index contributed by atoms with van der Waals surface area (Å²) < 4.78 is 8.82. The van der Waals surface area contributed by atoms with Gasteiger partial charge >= 0.3 is 5.97 Å². The van der Waals surface area contributed by atoms with Crippen LogP contribution in [0.2, 0.25) is 0 Å². The molecule has 0 radical (unpaired) electrons. The van der Waals surface area contributed by atoms with E-state index in [0.717, 1.165) is 11.4 Å². The molecule has 104 valence electrons. The predicted molar refractivity (Wildman–Crippen MR) is 76.8 cm³/mol. The van der Waals surface area contributed by atoms with E-state index in [-0.39, 0.29) is 12.0 Å². The van der Waals surface area contributed by atoms with Crippen molar-refractivity contribution >= 4 is 23.2 Å². The highest BCUT2D eigenvalue weighted by Crippen LogP contribution is 2.35. The summed E-state index contributed by atoms with van der Waals surface area (Å²) in [4.78, 5) is 14.1. The second-order valence-electron chi connectivity index (χ2n) is 4.84. The van der Waals surface area contributed by atoms with E-state index in [2.05, 4.69) is 27.5 Å². The molecule has 1 aromatic heterocycles. The highest BCUT2D eigenvalue weighted by atomic mass is 32.1. The molecule has 5 nitrogen and oxygen atoms in total. The van der Waals surface area contributed by atoms with Gasteiger partial charge in [-0.1, -0.05) is 16.6 Å². The van der Waals surface area contributed by atoms with E-state index in [4.69, 9.17) is 4.74 Å². The second-order valence-corrected chi connectivity index (χ2v) is 5.45. The predicted octanol–water partition coefficient (Wildman–Crippen LogP) is 1.95. The number of fused-ring (bicyclic) bond motifs is 1. The van der Waals surface area contributed by atoms with Gasteiger partial charge in [-0.2, -0.15) is 0 Å². The largest absolute Gasteiger partial charge is 0.467 e. The molecule has 0 N–H and O–H groups in total. The van der Waals surface area contributed by atoms with Gasteiger partial charge in [-0.3, -0.25) is 0 Å². The Hall–Kier alpha value is -1.95. The van der Waals surface area contributed by atoms with Crippen molar-refractivity contribution in [3.8, 4) is 0 Å². The van der Waals surface area contributed by atoms with Gasteiger partial charge in [-0.25, -0.2) is 4.79 Å². The molecule has 0 fully saturated rings. The van der Waals surface area contributed by atoms with Crippen LogP contribution in [0.3, 0.4) is 0 Å². The van der Waals surface area contributed by atoms with E-state index >= 15 is 0 Å². The molecule has 0 saturated heterocycles. The minimum Gasteiger partial charge on any atom is -0.467 e. The van der Waals surface area contributed by atoms with Crippen LogP contribution in [0.5, 0.6) is 0 Å². The van der Waals surface area contributed by atoms with Crippen molar-refractivity contribution in [2.24, 2.45) is 0 Å². The van der Waals surface area contributed by atoms with Gasteiger partial charge in [0.05, 0.1) is 19.3 Å². The molecule has 1 atom stereocenters. The number of methoxy groups -OCH3 is 1. The molecular weight excluding hydrogens is 274 g/mol. The normalized spacial score (nSPS) is 17.1. The number of carbonyl (C=O) groups excluding carboxylic acids is 1. The number of aromatic nitrogens is 2. The third-order valence-corrected chi connectivity index (χ3v) is 4.23. The molecule has 0 bridgehead atoms. The monoisotopic (exact) mass is 289 g/mol. The lowest BCUT2D eigenvalue weighted by Gasteiger charge is -2.24. The smallest absolute Gasteiger partial charge is 0.328 e. The van der Waals surface area contributed by atoms with Gasteiger partial charge in [-0.05, 0) is 35.6 Å². The number of rotatable bonds is 3. The molecule has 1 aliphatic rings. The summed E-state index contributed by atoms with van der Waals surface area (Å²) in [5.74, 6) is -0.205. The molecule has 0 unspecified atom stereocenters. The number of benzene rings is 1. The van der Waals surface area contributed by atoms with Crippen LogP contribution in [0.4, 0.5) is 5.69 Å². The quantitative estimate of drug-likeness (QED) is 0.808. The lowest BCUT2D eigenvalue weighted by molar-refractivity contribution is -0.142. The van der Waals surface area contributed by atoms with Crippen molar-refractivity contribution in [3.63, 3.8) is 0 Å². The van der Waals surface area contributed by atoms with Crippen molar-refractivity contribution < 1.29 is 9.53 Å². The minimum absolute atomic E-state index is 0.205. The number of hydrogen-bond acceptors (Lipinski definition) is 6. The van der Waals surface area contributed by atoms with Crippen LogP contribution in [0, 0.1) is 6.92 Å². The first-order valence-corrected chi connectivity index (χ1v) is 7.23. The molecule has 1 aliphatic heterocycles. The highest BCUT2D eigenvalue weighted by molar-refractivity contribution is 7.03. The lowest BCUT2D eigenvalue weighted by Crippen LogP contribution is -2.39. The van der Waals surface area contributed by atoms with Gasteiger partial charge in [0.1, 0.15) is 6.04 Å². The first-order chi connectivity index (χ1) is 9.70. The van der Waals surface area contributed by atoms with Crippen LogP contribution in [0.25, 0.3) is 0 Å². The third-order valence-electron chi connectivity index (χ3n) is 3.68. The van der Waals surface area contributed by atoms with Gasteiger partial charge in [0.25, 0.3) is 0 Å². The van der Waals surface area contributed by atoms with E-state index < -0.39 is 0 Å². The summed E-state index contributed by atoms with van der Waals surface area (Å²) in [5, 5.41) is 5.97. The number of ether oxygens (including phenoxy) is 1. The molecule has 2 aromatic rings. The average Bonchev–Trinajstić information content (AvgIpc) is 3.08. The Morgan fingerprint density at radius 3 is 3.10 bits per heavy atom. The number of nitrogens with zero attached hydrogens (tertiary/aromatic N) is 3. The molecule has 6 heteroatoms. The maximum absolute atomic E-state index is 12.0. The first kappa shape index (κ1) is 13.1. The maximum Gasteiger partial charge on any atom is 0.328 e. The summed E-state index contributed by atoms with van der Waals surface area (Å²) in [6.07, 6.45) is 0.687. The molecule has 0 saturated carbocycles. The highest BCUT2D eigenvalue weighted by Gasteiger charge is 2.36. The van der Waals surface area contributed by atoms with Crippen LogP contribution < -0.4 is 4.90 Å². The summed E-state index contributed by atoms with van der Waals surface area (Å²) in [6.45, 7) is 2.65. The number of anilines is 1. The van der Waals surface area contributed by atoms with E-state index in [1.807, 2.05) is 17.5 Å². The zero-order valence-electron chi connectivity index (χ0n) is 11.4. The fourth-order valence-electron chi connectivity index (χ4n) is 2.66. The third kappa shape index (κ3) is 2.16. The van der Waals surface area contributed by atoms with Crippen molar-refractivity contribution in [2.75, 3.05) is 12.0 Å². The van der Waals surface area contributed by atoms with Crippen LogP contribution >= 0.6 is 11.5 Å². The number of esters is 1. The van der Waals surface area contributed by atoms with Crippen molar-refractivity contribution in [1.82, 2.24) is 9.59 Å². The molecule has 3 rings (SSSR count). The average molecular weight is 289 g/mol. The molecule has 1 aromatic carbocycles. The molecular formula is C14H15N3O2S. The topological polar surface area (TPSA) is 55.3 Å². The zero-order chi connectivity index (χ0) is 14.1. The Balaban J connectivity index is 1.98. The molecule has 2 heterocycles. The Bertz CT molecular complexity index is 627. The standard InChI is InChI=1S/C14H15N3O2S/c1-9-4-3-5-12-11(9)6-13(14(18)19-2)17(12)7-10-8-20-16-15-10/h3-5,8,13H,6-7H2,1-2H3/t13-/m1/s1. The number of hydrogen-bond donors (Lipinski definition) is 0. The minimum atomic E-state index is -0.280. The van der Waals surface area contributed by atoms with Crippen LogP contribution in [-0.4, -0.2) is 28.7 Å². The van der Waals surface area contributed by atoms with Gasteiger partial charge in [0, 0.05) is 17.5 Å². The summed E-state index contributed by atoms with van der Waals surface area (Å²) in [6, 6.07) is 5.85. The Kier molecular flexibility index (Phi) is 3.40. The summed E-state index contributed by atoms with van der Waals surface area (Å²) in [5.41, 5.74) is 4.38. The van der Waals surface area contributed by atoms with Crippen molar-refractivity contribution in [1.29, 1.82) is 0 Å². The lowest BCUT2D eigenvalue weighted by atomic mass is 10.0. The molecule has 0 aliphatic carbocycles. The number of carbonyl (C=O) groups is 1. The molecule has 0 amide bonds. The summed E-state index contributed by atoms with van der Waals surface area (Å²) >= 11 is 1.32. The van der Waals surface area contributed by atoms with Gasteiger partial charge < -0.3 is 9.64 Å². The Morgan fingerprint density at radius 2 is 2.40 bits per heavy atom. The van der Waals surface area contributed by atoms with E-state index in [1.165, 1.54) is 29.8 Å². The van der Waals surface area contributed by atoms with Crippen LogP contribution in [-0.2, 0) is 22.5 Å². The van der Waals surface area contributed by atoms with Gasteiger partial charge in [0.2, 0.25) is 0 Å². The Labute approximate surface area is 121 Å². The SMILES string of the molecule is COC(=O)[C@H]1Cc2c(C)cccc2N1Cc1csnn1. The van der Waals surface area contributed by atoms with Gasteiger partial charge in [0.15, 0.2) is 0 Å². The molecule has 20 heavy (non-hydrogen) atoms. The van der Waals surface area contributed by atoms with Crippen LogP contribution in [0.1, 0.15) is 16.8 Å². The van der Waals surface area contributed by atoms with Gasteiger partial charge in [-0.15, -0.1) is 5.10 Å². The fraction of sp³-hybridized carbons (Fsp3) is 0.357. The second kappa shape index (κ2) is 5.20. The maximum atomic E-state index is 12.0. The fourth-order valence-corrected chi connectivity index (χ4v) is 3.10. The first-order valence-electron chi connectivity index (χ1n) is 6.39. The van der Waals surface area contributed by atoms with Crippen molar-refractivity contribution in [3.05, 3.63) is 40.4 Å². The van der Waals surface area contributed by atoms with E-state index in [0.29, 0.717) is 13.0 Å². The van der Waals surface area contributed by atoms with Crippen LogP contribution in [0.15, 0.2) is 23.6 Å². The zero-order valence-corrected chi connectivity index (χ0v) is 12.2. The summed E-state index contributed by atoms with van der Waals surface area (Å²) in [7, 11) is 1.43. The Morgan fingerprint density at radius 1 is 1.55 bits per heavy atom. The molecule has 0 spiro atoms. The van der Waals surface area contributed by atoms with Crippen molar-refractivity contribution in [2.45, 2.75) is 25.9 Å². The number of aryl methyl sites for hydroxylation is 1.